The molecule has 0 amide bonds. The third-order valence-corrected chi connectivity index (χ3v) is 3.41. The van der Waals surface area contributed by atoms with E-state index in [9.17, 15) is 18.0 Å². The van der Waals surface area contributed by atoms with Gasteiger partial charge in [-0.2, -0.15) is 18.3 Å². The van der Waals surface area contributed by atoms with Gasteiger partial charge in [0.2, 0.25) is 0 Å². The second-order valence-electron chi connectivity index (χ2n) is 4.99. The molecule has 0 fully saturated rings. The normalized spacial score (nSPS) is 10.8. The van der Waals surface area contributed by atoms with Crippen molar-refractivity contribution >= 4 is 16.8 Å². The number of hydrogen-bond donors (Lipinski definition) is 1. The molecule has 0 aliphatic heterocycles. The third-order valence-electron chi connectivity index (χ3n) is 3.21. The Morgan fingerprint density at radius 2 is 1.81 bits per heavy atom. The molecule has 0 radical (unpaired) electrons. The summed E-state index contributed by atoms with van der Waals surface area (Å²) in [5, 5.41) is 2.38. The van der Waals surface area contributed by atoms with Gasteiger partial charge >= 0.3 is 6.18 Å². The second-order valence-corrected chi connectivity index (χ2v) is 5.33. The molecule has 0 spiro atoms. The van der Waals surface area contributed by atoms with Crippen LogP contribution in [0, 0.1) is 0 Å². The van der Waals surface area contributed by atoms with Gasteiger partial charge in [-0.3, -0.25) is 9.78 Å². The average molecular weight is 383 g/mol. The quantitative estimate of drug-likeness (QED) is 0.699. The summed E-state index contributed by atoms with van der Waals surface area (Å²) in [6, 6.07) is 11.5. The molecule has 0 bridgehead atoms. The van der Waals surface area contributed by atoms with E-state index in [0.29, 0.717) is 11.2 Å². The molecule has 2 heterocycles. The SMILES string of the molecule is NCc1cccnc1.O=C(Cl)c1cnn(-c2ccccc2)c1C(F)(F)F. The summed E-state index contributed by atoms with van der Waals surface area (Å²) in [6.07, 6.45) is -0.406. The van der Waals surface area contributed by atoms with Crippen LogP contribution in [0.4, 0.5) is 13.2 Å². The van der Waals surface area contributed by atoms with Crippen molar-refractivity contribution in [1.82, 2.24) is 14.8 Å². The minimum Gasteiger partial charge on any atom is -0.326 e. The molecule has 0 unspecified atom stereocenters. The van der Waals surface area contributed by atoms with Crippen molar-refractivity contribution in [3.8, 4) is 5.69 Å². The summed E-state index contributed by atoms with van der Waals surface area (Å²) in [4.78, 5) is 14.8. The van der Waals surface area contributed by atoms with Crippen molar-refractivity contribution in [2.45, 2.75) is 12.7 Å². The van der Waals surface area contributed by atoms with Gasteiger partial charge in [0.05, 0.1) is 17.4 Å². The number of rotatable bonds is 3. The van der Waals surface area contributed by atoms with Crippen LogP contribution in [0.3, 0.4) is 0 Å². The zero-order valence-electron chi connectivity index (χ0n) is 13.3. The minimum atomic E-state index is -4.72. The smallest absolute Gasteiger partial charge is 0.326 e. The highest BCUT2D eigenvalue weighted by Crippen LogP contribution is 2.34. The number of pyridine rings is 1. The van der Waals surface area contributed by atoms with Gasteiger partial charge < -0.3 is 5.73 Å². The number of nitrogens with zero attached hydrogens (tertiary/aromatic N) is 3. The van der Waals surface area contributed by atoms with Crippen LogP contribution in [0.25, 0.3) is 5.69 Å². The van der Waals surface area contributed by atoms with Crippen molar-refractivity contribution in [1.29, 1.82) is 0 Å². The molecule has 2 aromatic heterocycles. The molecule has 0 atom stereocenters. The lowest BCUT2D eigenvalue weighted by molar-refractivity contribution is -0.143. The van der Waals surface area contributed by atoms with Crippen molar-refractivity contribution in [3.63, 3.8) is 0 Å². The van der Waals surface area contributed by atoms with Crippen molar-refractivity contribution < 1.29 is 18.0 Å². The van der Waals surface area contributed by atoms with Crippen LogP contribution in [0.1, 0.15) is 21.6 Å². The number of aromatic nitrogens is 3. The molecule has 0 saturated carbocycles. The highest BCUT2D eigenvalue weighted by Gasteiger charge is 2.40. The number of alkyl halides is 3. The highest BCUT2D eigenvalue weighted by molar-refractivity contribution is 6.67. The molecule has 0 saturated heterocycles. The van der Waals surface area contributed by atoms with Crippen LogP contribution in [0.15, 0.2) is 61.1 Å². The Balaban J connectivity index is 0.000000254. The van der Waals surface area contributed by atoms with Gasteiger partial charge in [0.1, 0.15) is 0 Å². The zero-order chi connectivity index (χ0) is 19.2. The predicted molar refractivity (Wildman–Crippen MR) is 90.9 cm³/mol. The summed E-state index contributed by atoms with van der Waals surface area (Å²) < 4.78 is 39.4. The lowest BCUT2D eigenvalue weighted by atomic mass is 10.2. The third kappa shape index (κ3) is 4.90. The second kappa shape index (κ2) is 8.59. The van der Waals surface area contributed by atoms with E-state index in [-0.39, 0.29) is 5.69 Å². The predicted octanol–water partition coefficient (Wildman–Crippen LogP) is 3.81. The Hall–Kier alpha value is -2.71. The number of nitrogens with two attached hydrogens (primary N) is 1. The largest absolute Gasteiger partial charge is 0.434 e. The summed E-state index contributed by atoms with van der Waals surface area (Å²) in [5.41, 5.74) is 4.76. The lowest BCUT2D eigenvalue weighted by Gasteiger charge is -2.11. The topological polar surface area (TPSA) is 73.8 Å². The Kier molecular flexibility index (Phi) is 6.48. The molecule has 3 rings (SSSR count). The number of carbonyl (C=O) groups excluding carboxylic acids is 1. The van der Waals surface area contributed by atoms with E-state index < -0.39 is 22.7 Å². The number of halogens is 4. The Morgan fingerprint density at radius 3 is 2.27 bits per heavy atom. The Morgan fingerprint density at radius 1 is 1.12 bits per heavy atom. The zero-order valence-corrected chi connectivity index (χ0v) is 14.1. The summed E-state index contributed by atoms with van der Waals surface area (Å²) in [5.74, 6) is 0. The molecule has 9 heteroatoms. The molecular formula is C17H14ClF3N4O. The molecular weight excluding hydrogens is 369 g/mol. The van der Waals surface area contributed by atoms with Crippen LogP contribution < -0.4 is 5.73 Å². The molecule has 5 nitrogen and oxygen atoms in total. The number of para-hydroxylation sites is 1. The van der Waals surface area contributed by atoms with E-state index in [4.69, 9.17) is 17.3 Å². The van der Waals surface area contributed by atoms with Gasteiger partial charge in [-0.15, -0.1) is 0 Å². The van der Waals surface area contributed by atoms with E-state index >= 15 is 0 Å². The molecule has 0 aliphatic carbocycles. The number of hydrogen-bond acceptors (Lipinski definition) is 4. The molecule has 0 aliphatic rings. The van der Waals surface area contributed by atoms with E-state index in [0.717, 1.165) is 11.8 Å². The standard InChI is InChI=1S/C11H6ClF3N2O.C6H8N2/c12-10(18)8-6-16-17(9(8)11(13,14)15)7-4-2-1-3-5-7;7-4-6-2-1-3-8-5-6/h1-6H;1-3,5H,4,7H2. The van der Waals surface area contributed by atoms with Gasteiger partial charge in [0.25, 0.3) is 5.24 Å². The first-order valence-electron chi connectivity index (χ1n) is 7.34. The summed E-state index contributed by atoms with van der Waals surface area (Å²) in [6.45, 7) is 0.577. The van der Waals surface area contributed by atoms with Gasteiger partial charge in [-0.05, 0) is 35.4 Å². The molecule has 26 heavy (non-hydrogen) atoms. The van der Waals surface area contributed by atoms with Crippen LogP contribution >= 0.6 is 11.6 Å². The Labute approximate surface area is 152 Å². The van der Waals surface area contributed by atoms with E-state index in [1.165, 1.54) is 12.1 Å². The lowest BCUT2D eigenvalue weighted by Crippen LogP contribution is -2.16. The average Bonchev–Trinajstić information content (AvgIpc) is 3.10. The molecule has 1 aromatic carbocycles. The van der Waals surface area contributed by atoms with E-state index in [2.05, 4.69) is 10.1 Å². The van der Waals surface area contributed by atoms with Gasteiger partial charge in [-0.1, -0.05) is 24.3 Å². The van der Waals surface area contributed by atoms with Crippen LogP contribution in [-0.2, 0) is 12.7 Å². The van der Waals surface area contributed by atoms with Gasteiger partial charge in [0, 0.05) is 18.9 Å². The maximum absolute atomic E-state index is 12.9. The molecule has 2 N–H and O–H groups in total. The van der Waals surface area contributed by atoms with E-state index in [1.54, 1.807) is 30.6 Å². The van der Waals surface area contributed by atoms with E-state index in [1.807, 2.05) is 12.1 Å². The monoisotopic (exact) mass is 382 g/mol. The van der Waals surface area contributed by atoms with Gasteiger partial charge in [-0.25, -0.2) is 4.68 Å². The Bertz CT molecular complexity index is 851. The van der Waals surface area contributed by atoms with Crippen LogP contribution in [0.5, 0.6) is 0 Å². The summed E-state index contributed by atoms with van der Waals surface area (Å²) in [7, 11) is 0. The fraction of sp³-hybridized carbons (Fsp3) is 0.118. The highest BCUT2D eigenvalue weighted by atomic mass is 35.5. The number of carbonyl (C=O) groups is 1. The van der Waals surface area contributed by atoms with Gasteiger partial charge in [0.15, 0.2) is 5.69 Å². The molecule has 3 aromatic rings. The van der Waals surface area contributed by atoms with Crippen LogP contribution in [-0.4, -0.2) is 20.0 Å². The first-order chi connectivity index (χ1) is 12.3. The fourth-order valence-electron chi connectivity index (χ4n) is 2.05. The molecule has 136 valence electrons. The first kappa shape index (κ1) is 19.6. The first-order valence-corrected chi connectivity index (χ1v) is 7.72. The maximum atomic E-state index is 12.9. The van der Waals surface area contributed by atoms with Crippen molar-refractivity contribution in [2.75, 3.05) is 0 Å². The van der Waals surface area contributed by atoms with Crippen LogP contribution in [0.2, 0.25) is 0 Å². The number of benzene rings is 1. The maximum Gasteiger partial charge on any atom is 0.434 e. The minimum absolute atomic E-state index is 0.203. The fourth-order valence-corrected chi connectivity index (χ4v) is 2.19. The van der Waals surface area contributed by atoms with Crippen molar-refractivity contribution in [3.05, 3.63) is 77.9 Å². The van der Waals surface area contributed by atoms with Crippen molar-refractivity contribution in [2.24, 2.45) is 5.73 Å². The summed E-state index contributed by atoms with van der Waals surface area (Å²) >= 11 is 5.12.